The van der Waals surface area contributed by atoms with Crippen LogP contribution in [0.1, 0.15) is 17.0 Å². The summed E-state index contributed by atoms with van der Waals surface area (Å²) in [6.45, 7) is 2.86. The Kier molecular flexibility index (Phi) is 4.64. The average molecular weight is 380 g/mol. The molecular formula is C20H18ClN5O. The Bertz CT molecular complexity index is 1150. The van der Waals surface area contributed by atoms with Crippen LogP contribution in [0, 0.1) is 6.92 Å². The van der Waals surface area contributed by atoms with Gasteiger partial charge in [0.15, 0.2) is 0 Å². The zero-order valence-corrected chi connectivity index (χ0v) is 15.5. The lowest BCUT2D eigenvalue weighted by Gasteiger charge is -2.09. The number of pyridine rings is 1. The maximum atomic E-state index is 12.5. The number of anilines is 1. The normalized spacial score (nSPS) is 11.0. The van der Waals surface area contributed by atoms with Crippen LogP contribution in [0.15, 0.2) is 65.7 Å². The SMILES string of the molecule is Cc1cccc2nc(CNc3cnn(Cc4ccccc4)c(=O)c3Cl)cn12. The van der Waals surface area contributed by atoms with Crippen molar-refractivity contribution in [1.29, 1.82) is 0 Å². The summed E-state index contributed by atoms with van der Waals surface area (Å²) in [5, 5.41) is 7.52. The molecule has 0 saturated carbocycles. The average Bonchev–Trinajstić information content (AvgIpc) is 3.10. The van der Waals surface area contributed by atoms with Crippen LogP contribution in [0.4, 0.5) is 5.69 Å². The summed E-state index contributed by atoms with van der Waals surface area (Å²) >= 11 is 6.27. The van der Waals surface area contributed by atoms with Gasteiger partial charge in [-0.2, -0.15) is 5.10 Å². The van der Waals surface area contributed by atoms with Crippen molar-refractivity contribution in [3.05, 3.63) is 93.3 Å². The highest BCUT2D eigenvalue weighted by molar-refractivity contribution is 6.32. The second kappa shape index (κ2) is 7.25. The monoisotopic (exact) mass is 379 g/mol. The quantitative estimate of drug-likeness (QED) is 0.576. The van der Waals surface area contributed by atoms with Gasteiger partial charge >= 0.3 is 0 Å². The molecule has 0 fully saturated rings. The Hall–Kier alpha value is -3.12. The smallest absolute Gasteiger partial charge is 0.287 e. The van der Waals surface area contributed by atoms with Crippen LogP contribution in [0.2, 0.25) is 5.02 Å². The molecule has 0 radical (unpaired) electrons. The van der Waals surface area contributed by atoms with Gasteiger partial charge in [0.25, 0.3) is 5.56 Å². The van der Waals surface area contributed by atoms with Gasteiger partial charge in [0, 0.05) is 11.9 Å². The number of benzene rings is 1. The lowest BCUT2D eigenvalue weighted by molar-refractivity contribution is 0.640. The number of nitrogens with zero attached hydrogens (tertiary/aromatic N) is 4. The fraction of sp³-hybridized carbons (Fsp3) is 0.150. The topological polar surface area (TPSA) is 64.2 Å². The maximum Gasteiger partial charge on any atom is 0.287 e. The second-order valence-corrected chi connectivity index (χ2v) is 6.68. The predicted molar refractivity (Wildman–Crippen MR) is 106 cm³/mol. The van der Waals surface area contributed by atoms with E-state index in [4.69, 9.17) is 11.6 Å². The molecule has 4 rings (SSSR count). The Morgan fingerprint density at radius 1 is 1.11 bits per heavy atom. The number of aromatic nitrogens is 4. The third-order valence-corrected chi connectivity index (χ3v) is 4.73. The van der Waals surface area contributed by atoms with E-state index in [1.165, 1.54) is 4.68 Å². The fourth-order valence-electron chi connectivity index (χ4n) is 2.93. The van der Waals surface area contributed by atoms with Gasteiger partial charge in [-0.25, -0.2) is 9.67 Å². The van der Waals surface area contributed by atoms with E-state index in [0.29, 0.717) is 18.8 Å². The molecule has 3 aromatic heterocycles. The standard InChI is InChI=1S/C20H18ClN5O/c1-14-6-5-9-18-24-16(13-25(14)18)10-22-17-11-23-26(20(27)19(17)21)12-15-7-3-2-4-8-15/h2-9,11,13,22H,10,12H2,1H3. The van der Waals surface area contributed by atoms with Crippen LogP contribution in [0.25, 0.3) is 5.65 Å². The minimum absolute atomic E-state index is 0.126. The molecule has 3 heterocycles. The van der Waals surface area contributed by atoms with Crippen LogP contribution in [-0.2, 0) is 13.1 Å². The van der Waals surface area contributed by atoms with Crippen molar-refractivity contribution >= 4 is 22.9 Å². The number of hydrogen-bond donors (Lipinski definition) is 1. The number of halogens is 1. The van der Waals surface area contributed by atoms with Gasteiger partial charge < -0.3 is 9.72 Å². The third kappa shape index (κ3) is 3.57. The Labute approximate surface area is 161 Å². The predicted octanol–water partition coefficient (Wildman–Crippen LogP) is 3.51. The van der Waals surface area contributed by atoms with Crippen LogP contribution >= 0.6 is 11.6 Å². The zero-order valence-electron chi connectivity index (χ0n) is 14.8. The van der Waals surface area contributed by atoms with Crippen LogP contribution < -0.4 is 10.9 Å². The van der Waals surface area contributed by atoms with Gasteiger partial charge in [0.05, 0.1) is 30.7 Å². The van der Waals surface area contributed by atoms with Gasteiger partial charge in [-0.1, -0.05) is 48.0 Å². The van der Waals surface area contributed by atoms with Crippen LogP contribution in [-0.4, -0.2) is 19.2 Å². The van der Waals surface area contributed by atoms with E-state index in [1.54, 1.807) is 6.20 Å². The highest BCUT2D eigenvalue weighted by Crippen LogP contribution is 2.17. The molecule has 1 N–H and O–H groups in total. The number of aryl methyl sites for hydroxylation is 1. The van der Waals surface area contributed by atoms with Gasteiger partial charge in [0.2, 0.25) is 0 Å². The largest absolute Gasteiger partial charge is 0.377 e. The molecular weight excluding hydrogens is 362 g/mol. The van der Waals surface area contributed by atoms with Gasteiger partial charge in [-0.3, -0.25) is 4.79 Å². The minimum atomic E-state index is -0.323. The Morgan fingerprint density at radius 3 is 2.70 bits per heavy atom. The number of rotatable bonds is 5. The van der Waals surface area contributed by atoms with Gasteiger partial charge in [-0.15, -0.1) is 0 Å². The van der Waals surface area contributed by atoms with Crippen LogP contribution in [0.3, 0.4) is 0 Å². The number of nitrogens with one attached hydrogen (secondary N) is 1. The molecule has 27 heavy (non-hydrogen) atoms. The summed E-state index contributed by atoms with van der Waals surface area (Å²) in [6.07, 6.45) is 3.54. The first-order chi connectivity index (χ1) is 13.1. The second-order valence-electron chi connectivity index (χ2n) is 6.30. The van der Waals surface area contributed by atoms with Crippen molar-refractivity contribution in [2.75, 3.05) is 5.32 Å². The van der Waals surface area contributed by atoms with Gasteiger partial charge in [0.1, 0.15) is 10.7 Å². The van der Waals surface area contributed by atoms with Crippen molar-refractivity contribution in [3.8, 4) is 0 Å². The zero-order chi connectivity index (χ0) is 18.8. The molecule has 6 nitrogen and oxygen atoms in total. The molecule has 0 aliphatic rings. The highest BCUT2D eigenvalue weighted by Gasteiger charge is 2.10. The van der Waals surface area contributed by atoms with Gasteiger partial charge in [-0.05, 0) is 24.6 Å². The summed E-state index contributed by atoms with van der Waals surface area (Å²) in [6, 6.07) is 15.6. The minimum Gasteiger partial charge on any atom is -0.377 e. The van der Waals surface area contributed by atoms with E-state index in [-0.39, 0.29) is 10.6 Å². The first kappa shape index (κ1) is 17.3. The lowest BCUT2D eigenvalue weighted by atomic mass is 10.2. The number of fused-ring (bicyclic) bond motifs is 1. The van der Waals surface area contributed by atoms with Crippen molar-refractivity contribution in [1.82, 2.24) is 19.2 Å². The highest BCUT2D eigenvalue weighted by atomic mass is 35.5. The molecule has 0 spiro atoms. The maximum absolute atomic E-state index is 12.5. The van der Waals surface area contributed by atoms with Crippen molar-refractivity contribution < 1.29 is 0 Å². The first-order valence-electron chi connectivity index (χ1n) is 8.59. The molecule has 0 aliphatic heterocycles. The first-order valence-corrected chi connectivity index (χ1v) is 8.96. The van der Waals surface area contributed by atoms with E-state index >= 15 is 0 Å². The molecule has 4 aromatic rings. The molecule has 0 bridgehead atoms. The summed E-state index contributed by atoms with van der Waals surface area (Å²) in [5.74, 6) is 0. The summed E-state index contributed by atoms with van der Waals surface area (Å²) in [7, 11) is 0. The molecule has 0 aliphatic carbocycles. The van der Waals surface area contributed by atoms with Crippen molar-refractivity contribution in [2.24, 2.45) is 0 Å². The molecule has 0 atom stereocenters. The summed E-state index contributed by atoms with van der Waals surface area (Å²) in [5.41, 5.74) is 4.01. The molecule has 0 saturated heterocycles. The Balaban J connectivity index is 1.53. The van der Waals surface area contributed by atoms with E-state index in [9.17, 15) is 4.79 Å². The third-order valence-electron chi connectivity index (χ3n) is 4.37. The molecule has 7 heteroatoms. The van der Waals surface area contributed by atoms with E-state index in [0.717, 1.165) is 22.6 Å². The van der Waals surface area contributed by atoms with E-state index < -0.39 is 0 Å². The molecule has 1 aromatic carbocycles. The lowest BCUT2D eigenvalue weighted by Crippen LogP contribution is -2.24. The fourth-order valence-corrected chi connectivity index (χ4v) is 3.14. The molecule has 0 unspecified atom stereocenters. The number of imidazole rings is 1. The van der Waals surface area contributed by atoms with Crippen molar-refractivity contribution in [3.63, 3.8) is 0 Å². The summed E-state index contributed by atoms with van der Waals surface area (Å²) < 4.78 is 3.38. The van der Waals surface area contributed by atoms with Crippen LogP contribution in [0.5, 0.6) is 0 Å². The van der Waals surface area contributed by atoms with E-state index in [1.807, 2.05) is 66.1 Å². The summed E-state index contributed by atoms with van der Waals surface area (Å²) in [4.78, 5) is 17.1. The molecule has 0 amide bonds. The molecule has 136 valence electrons. The Morgan fingerprint density at radius 2 is 1.93 bits per heavy atom. The number of hydrogen-bond acceptors (Lipinski definition) is 4. The van der Waals surface area contributed by atoms with Crippen molar-refractivity contribution in [2.45, 2.75) is 20.0 Å². The van der Waals surface area contributed by atoms with E-state index in [2.05, 4.69) is 15.4 Å².